The quantitative estimate of drug-likeness (QED) is 0.193. The summed E-state index contributed by atoms with van der Waals surface area (Å²) >= 11 is 0. The first kappa shape index (κ1) is 27.9. The summed E-state index contributed by atoms with van der Waals surface area (Å²) in [6.07, 6.45) is 11.3. The number of fused-ring (bicyclic) bond motifs is 6. The van der Waals surface area contributed by atoms with Gasteiger partial charge in [0, 0.05) is 40.4 Å². The van der Waals surface area contributed by atoms with Crippen LogP contribution in [0.15, 0.2) is 175 Å². The van der Waals surface area contributed by atoms with Crippen LogP contribution in [-0.2, 0) is 9.47 Å². The van der Waals surface area contributed by atoms with Gasteiger partial charge in [0.25, 0.3) is 0 Å². The summed E-state index contributed by atoms with van der Waals surface area (Å²) in [6.45, 7) is 0. The molecule has 5 nitrogen and oxygen atoms in total. The lowest BCUT2D eigenvalue weighted by Crippen LogP contribution is -2.39. The van der Waals surface area contributed by atoms with Gasteiger partial charge < -0.3 is 14.4 Å². The van der Waals surface area contributed by atoms with Crippen LogP contribution < -0.4 is 4.90 Å². The SMILES string of the molecule is C1=CCC2OC3=C(C=CC4c5cc6ccccc6cc5N(c5ccc(-c6cc(-c7ccccc7)nc(-c7ccccc7)n6)cc5)C34)OC2=C1. The minimum Gasteiger partial charge on any atom is -0.480 e. The maximum Gasteiger partial charge on any atom is 0.166 e. The minimum atomic E-state index is -0.113. The highest BCUT2D eigenvalue weighted by Crippen LogP contribution is 2.53. The van der Waals surface area contributed by atoms with Crippen molar-refractivity contribution in [3.63, 3.8) is 0 Å². The number of hydrogen-bond donors (Lipinski definition) is 0. The first-order valence-electron chi connectivity index (χ1n) is 16.8. The smallest absolute Gasteiger partial charge is 0.166 e. The number of aromatic nitrogens is 2. The molecule has 2 aliphatic heterocycles. The van der Waals surface area contributed by atoms with E-state index in [0.29, 0.717) is 5.82 Å². The molecular weight excluding hydrogens is 603 g/mol. The van der Waals surface area contributed by atoms with E-state index < -0.39 is 0 Å². The average Bonchev–Trinajstić information content (AvgIpc) is 3.50. The first-order valence-corrected chi connectivity index (χ1v) is 16.8. The van der Waals surface area contributed by atoms with Gasteiger partial charge >= 0.3 is 0 Å². The van der Waals surface area contributed by atoms with E-state index in [1.54, 1.807) is 0 Å². The van der Waals surface area contributed by atoms with E-state index in [0.717, 1.165) is 57.5 Å². The molecule has 6 aromatic rings. The molecule has 0 amide bonds. The molecule has 1 aromatic heterocycles. The van der Waals surface area contributed by atoms with Crippen LogP contribution in [0, 0.1) is 0 Å². The molecule has 0 bridgehead atoms. The third-order valence-corrected chi connectivity index (χ3v) is 9.93. The topological polar surface area (TPSA) is 47.5 Å². The fourth-order valence-corrected chi connectivity index (χ4v) is 7.56. The van der Waals surface area contributed by atoms with Gasteiger partial charge in [0.15, 0.2) is 23.4 Å². The first-order chi connectivity index (χ1) is 24.3. The van der Waals surface area contributed by atoms with Gasteiger partial charge in [-0.25, -0.2) is 9.97 Å². The summed E-state index contributed by atoms with van der Waals surface area (Å²) < 4.78 is 13.3. The molecule has 0 spiro atoms. The van der Waals surface area contributed by atoms with Crippen molar-refractivity contribution < 1.29 is 9.47 Å². The van der Waals surface area contributed by atoms with E-state index in [2.05, 4.69) is 114 Å². The van der Waals surface area contributed by atoms with Crippen molar-refractivity contribution in [1.82, 2.24) is 9.97 Å². The molecule has 0 radical (unpaired) electrons. The maximum absolute atomic E-state index is 6.82. The fourth-order valence-electron chi connectivity index (χ4n) is 7.56. The van der Waals surface area contributed by atoms with Crippen molar-refractivity contribution in [2.75, 3.05) is 4.90 Å². The van der Waals surface area contributed by atoms with Crippen LogP contribution in [0.4, 0.5) is 11.4 Å². The van der Waals surface area contributed by atoms with Gasteiger partial charge in [-0.2, -0.15) is 0 Å². The van der Waals surface area contributed by atoms with Crippen molar-refractivity contribution in [1.29, 1.82) is 0 Å². The Bertz CT molecular complexity index is 2320. The van der Waals surface area contributed by atoms with Gasteiger partial charge in [-0.3, -0.25) is 0 Å². The Balaban J connectivity index is 1.09. The Morgan fingerprint density at radius 3 is 2.10 bits per heavy atom. The molecule has 5 heteroatoms. The second-order valence-electron chi connectivity index (χ2n) is 12.9. The fraction of sp³-hybridized carbons (Fsp3) is 0.0909. The van der Waals surface area contributed by atoms with Crippen molar-refractivity contribution in [2.24, 2.45) is 0 Å². The molecule has 2 aliphatic carbocycles. The van der Waals surface area contributed by atoms with Gasteiger partial charge in [0.1, 0.15) is 11.8 Å². The summed E-state index contributed by atoms with van der Waals surface area (Å²) in [5, 5.41) is 2.45. The van der Waals surface area contributed by atoms with Crippen molar-refractivity contribution >= 4 is 22.1 Å². The van der Waals surface area contributed by atoms with Gasteiger partial charge in [-0.1, -0.05) is 115 Å². The molecule has 5 aromatic carbocycles. The monoisotopic (exact) mass is 633 g/mol. The van der Waals surface area contributed by atoms with Gasteiger partial charge in [0.2, 0.25) is 0 Å². The van der Waals surface area contributed by atoms with E-state index in [1.807, 2.05) is 48.6 Å². The highest BCUT2D eigenvalue weighted by atomic mass is 16.6. The second-order valence-corrected chi connectivity index (χ2v) is 12.9. The number of anilines is 2. The van der Waals surface area contributed by atoms with Crippen molar-refractivity contribution in [3.05, 3.63) is 181 Å². The normalized spacial score (nSPS) is 20.1. The molecule has 3 atom stereocenters. The van der Waals surface area contributed by atoms with Crippen LogP contribution in [0.25, 0.3) is 44.7 Å². The highest BCUT2D eigenvalue weighted by Gasteiger charge is 2.47. The summed E-state index contributed by atoms with van der Waals surface area (Å²) in [4.78, 5) is 12.5. The Morgan fingerprint density at radius 1 is 0.673 bits per heavy atom. The highest BCUT2D eigenvalue weighted by molar-refractivity contribution is 5.91. The summed E-state index contributed by atoms with van der Waals surface area (Å²) in [5.74, 6) is 3.38. The maximum atomic E-state index is 6.82. The predicted molar refractivity (Wildman–Crippen MR) is 195 cm³/mol. The Labute approximate surface area is 284 Å². The third-order valence-electron chi connectivity index (χ3n) is 9.93. The Morgan fingerprint density at radius 2 is 1.35 bits per heavy atom. The molecule has 0 saturated heterocycles. The average molecular weight is 634 g/mol. The molecule has 0 N–H and O–H groups in total. The molecule has 0 saturated carbocycles. The van der Waals surface area contributed by atoms with Crippen LogP contribution in [0.2, 0.25) is 0 Å². The van der Waals surface area contributed by atoms with E-state index >= 15 is 0 Å². The summed E-state index contributed by atoms with van der Waals surface area (Å²) in [5.41, 5.74) is 8.41. The zero-order valence-electron chi connectivity index (χ0n) is 26.6. The van der Waals surface area contributed by atoms with E-state index in [4.69, 9.17) is 19.4 Å². The van der Waals surface area contributed by atoms with E-state index in [9.17, 15) is 0 Å². The molecular formula is C44H31N3O2. The molecule has 3 heterocycles. The summed E-state index contributed by atoms with van der Waals surface area (Å²) in [7, 11) is 0. The number of hydrogen-bond acceptors (Lipinski definition) is 5. The second kappa shape index (κ2) is 11.2. The number of ether oxygens (including phenoxy) is 2. The van der Waals surface area contributed by atoms with Gasteiger partial charge in [-0.15, -0.1) is 0 Å². The summed E-state index contributed by atoms with van der Waals surface area (Å²) in [6, 6.07) is 44.5. The van der Waals surface area contributed by atoms with Crippen LogP contribution in [-0.4, -0.2) is 22.1 Å². The van der Waals surface area contributed by atoms with Crippen LogP contribution in [0.3, 0.4) is 0 Å². The van der Waals surface area contributed by atoms with Crippen molar-refractivity contribution in [2.45, 2.75) is 24.5 Å². The number of rotatable bonds is 4. The molecule has 4 aliphatic rings. The predicted octanol–water partition coefficient (Wildman–Crippen LogP) is 10.3. The molecule has 49 heavy (non-hydrogen) atoms. The zero-order chi connectivity index (χ0) is 32.3. The van der Waals surface area contributed by atoms with E-state index in [-0.39, 0.29) is 18.1 Å². The van der Waals surface area contributed by atoms with Crippen LogP contribution in [0.1, 0.15) is 17.9 Å². The number of allylic oxidation sites excluding steroid dienone is 3. The number of nitrogens with zero attached hydrogens (tertiary/aromatic N) is 3. The Kier molecular flexibility index (Phi) is 6.37. The lowest BCUT2D eigenvalue weighted by Gasteiger charge is -2.39. The molecule has 234 valence electrons. The van der Waals surface area contributed by atoms with Gasteiger partial charge in [-0.05, 0) is 58.8 Å². The van der Waals surface area contributed by atoms with Crippen LogP contribution >= 0.6 is 0 Å². The van der Waals surface area contributed by atoms with Crippen molar-refractivity contribution in [3.8, 4) is 33.9 Å². The van der Waals surface area contributed by atoms with Crippen LogP contribution in [0.5, 0.6) is 0 Å². The lowest BCUT2D eigenvalue weighted by molar-refractivity contribution is 0.0401. The zero-order valence-corrected chi connectivity index (χ0v) is 26.6. The Hall–Kier alpha value is -6.20. The lowest BCUT2D eigenvalue weighted by atomic mass is 9.88. The number of benzene rings is 5. The largest absolute Gasteiger partial charge is 0.480 e. The standard InChI is InChI=1S/C44H31N3O2/c1-3-11-28(12-4-1)36-27-37(46-44(45-36)30-13-5-2-6-14-30)29-19-21-33(22-20-29)47-38-26-32-16-8-7-15-31(32)25-35(38)34-23-24-41-43(42(34)47)49-40-18-10-9-17-39(40)48-41/h1-17,19-27,34,40,42H,18H2. The van der Waals surface area contributed by atoms with E-state index in [1.165, 1.54) is 22.0 Å². The third kappa shape index (κ3) is 4.69. The van der Waals surface area contributed by atoms with Gasteiger partial charge in [0.05, 0.1) is 11.4 Å². The molecule has 0 fully saturated rings. The minimum absolute atomic E-state index is 0.0708. The molecule has 10 rings (SSSR count). The molecule has 3 unspecified atom stereocenters.